The molecule has 0 bridgehead atoms. The van der Waals surface area contributed by atoms with Crippen molar-refractivity contribution in [1.29, 1.82) is 0 Å². The van der Waals surface area contributed by atoms with Crippen LogP contribution < -0.4 is 10.6 Å². The lowest BCUT2D eigenvalue weighted by molar-refractivity contribution is 0.659. The summed E-state index contributed by atoms with van der Waals surface area (Å²) in [4.78, 5) is 11.0. The molecule has 0 atom stereocenters. The number of aromatic nitrogens is 2. The van der Waals surface area contributed by atoms with Crippen LogP contribution in [0.25, 0.3) is 0 Å². The Kier molecular flexibility index (Phi) is 4.00. The molecule has 2 aromatic rings. The minimum absolute atomic E-state index is 0.333. The quantitative estimate of drug-likeness (QED) is 0.855. The van der Waals surface area contributed by atoms with Gasteiger partial charge in [0.1, 0.15) is 0 Å². The molecule has 0 aliphatic heterocycles. The van der Waals surface area contributed by atoms with Gasteiger partial charge < -0.3 is 10.6 Å². The first-order chi connectivity index (χ1) is 9.06. The first-order valence-corrected chi connectivity index (χ1v) is 6.47. The van der Waals surface area contributed by atoms with E-state index in [1.165, 1.54) is 5.56 Å². The predicted molar refractivity (Wildman–Crippen MR) is 78.9 cm³/mol. The second-order valence-electron chi connectivity index (χ2n) is 4.96. The van der Waals surface area contributed by atoms with Crippen LogP contribution in [0.1, 0.15) is 25.1 Å². The highest BCUT2D eigenvalue weighted by Gasteiger charge is 2.13. The number of nitrogens with two attached hydrogens (primary N) is 1. The van der Waals surface area contributed by atoms with Crippen molar-refractivity contribution in [2.24, 2.45) is 0 Å². The minimum atomic E-state index is 0.333. The van der Waals surface area contributed by atoms with E-state index < -0.39 is 0 Å². The van der Waals surface area contributed by atoms with E-state index in [1.54, 1.807) is 6.20 Å². The van der Waals surface area contributed by atoms with Crippen LogP contribution in [0.2, 0.25) is 0 Å². The molecule has 0 saturated heterocycles. The van der Waals surface area contributed by atoms with Gasteiger partial charge in [0, 0.05) is 30.2 Å². The van der Waals surface area contributed by atoms with E-state index in [2.05, 4.69) is 28.7 Å². The largest absolute Gasteiger partial charge is 0.399 e. The molecule has 0 aliphatic carbocycles. The molecule has 0 radical (unpaired) electrons. The van der Waals surface area contributed by atoms with Crippen LogP contribution in [0.3, 0.4) is 0 Å². The molecule has 0 aliphatic rings. The maximum Gasteiger partial charge on any atom is 0.226 e. The average molecular weight is 256 g/mol. The summed E-state index contributed by atoms with van der Waals surface area (Å²) in [7, 11) is 0. The number of hydrogen-bond donors (Lipinski definition) is 1. The van der Waals surface area contributed by atoms with E-state index in [0.717, 1.165) is 23.9 Å². The fourth-order valence-electron chi connectivity index (χ4n) is 1.88. The van der Waals surface area contributed by atoms with E-state index in [4.69, 9.17) is 5.73 Å². The Labute approximate surface area is 114 Å². The summed E-state index contributed by atoms with van der Waals surface area (Å²) in [6.45, 7) is 7.04. The minimum Gasteiger partial charge on any atom is -0.399 e. The molecule has 2 N–H and O–H groups in total. The molecule has 100 valence electrons. The molecule has 0 fully saturated rings. The van der Waals surface area contributed by atoms with E-state index in [0.29, 0.717) is 6.04 Å². The van der Waals surface area contributed by atoms with Gasteiger partial charge in [-0.3, -0.25) is 0 Å². The third kappa shape index (κ3) is 3.44. The Bertz CT molecular complexity index is 534. The molecular formula is C15H20N4. The normalized spacial score (nSPS) is 10.7. The smallest absolute Gasteiger partial charge is 0.226 e. The van der Waals surface area contributed by atoms with Crippen LogP contribution in [0.4, 0.5) is 11.6 Å². The molecule has 4 heteroatoms. The predicted octanol–water partition coefficient (Wildman–Crippen LogP) is 2.78. The third-order valence-corrected chi connectivity index (χ3v) is 2.99. The van der Waals surface area contributed by atoms with Gasteiger partial charge in [0.2, 0.25) is 5.95 Å². The van der Waals surface area contributed by atoms with Crippen molar-refractivity contribution in [2.45, 2.75) is 33.4 Å². The number of aryl methyl sites for hydroxylation is 1. The van der Waals surface area contributed by atoms with Crippen molar-refractivity contribution in [3.05, 3.63) is 47.8 Å². The molecule has 2 rings (SSSR count). The van der Waals surface area contributed by atoms with Crippen LogP contribution in [0.15, 0.2) is 36.5 Å². The summed E-state index contributed by atoms with van der Waals surface area (Å²) >= 11 is 0. The lowest BCUT2D eigenvalue weighted by Gasteiger charge is -2.27. The van der Waals surface area contributed by atoms with Crippen molar-refractivity contribution in [2.75, 3.05) is 10.6 Å². The van der Waals surface area contributed by atoms with Gasteiger partial charge >= 0.3 is 0 Å². The molecule has 0 unspecified atom stereocenters. The summed E-state index contributed by atoms with van der Waals surface area (Å²) in [5, 5.41) is 0. The van der Waals surface area contributed by atoms with Crippen molar-refractivity contribution >= 4 is 11.6 Å². The molecule has 1 aromatic heterocycles. The Morgan fingerprint density at radius 1 is 1.16 bits per heavy atom. The van der Waals surface area contributed by atoms with Gasteiger partial charge in [-0.25, -0.2) is 9.97 Å². The SMILES string of the molecule is Cc1ccnc(N(Cc2ccc(N)cc2)C(C)C)n1. The lowest BCUT2D eigenvalue weighted by atomic mass is 10.2. The monoisotopic (exact) mass is 256 g/mol. The lowest BCUT2D eigenvalue weighted by Crippen LogP contribution is -2.31. The van der Waals surface area contributed by atoms with Gasteiger partial charge in [-0.15, -0.1) is 0 Å². The van der Waals surface area contributed by atoms with Gasteiger partial charge in [-0.1, -0.05) is 12.1 Å². The zero-order valence-corrected chi connectivity index (χ0v) is 11.7. The standard InChI is InChI=1S/C15H20N4/c1-11(2)19(15-17-9-8-12(3)18-15)10-13-4-6-14(16)7-5-13/h4-9,11H,10,16H2,1-3H3. The molecule has 0 saturated carbocycles. The van der Waals surface area contributed by atoms with Gasteiger partial charge in [0.25, 0.3) is 0 Å². The fourth-order valence-corrected chi connectivity index (χ4v) is 1.88. The molecule has 0 amide bonds. The average Bonchev–Trinajstić information content (AvgIpc) is 2.37. The van der Waals surface area contributed by atoms with Gasteiger partial charge in [-0.05, 0) is 44.5 Å². The number of hydrogen-bond acceptors (Lipinski definition) is 4. The zero-order valence-electron chi connectivity index (χ0n) is 11.7. The van der Waals surface area contributed by atoms with Crippen LogP contribution in [0.5, 0.6) is 0 Å². The Balaban J connectivity index is 2.23. The molecule has 1 heterocycles. The van der Waals surface area contributed by atoms with E-state index in [-0.39, 0.29) is 0 Å². The van der Waals surface area contributed by atoms with Crippen LogP contribution in [0, 0.1) is 6.92 Å². The number of nitrogen functional groups attached to an aromatic ring is 1. The van der Waals surface area contributed by atoms with Gasteiger partial charge in [-0.2, -0.15) is 0 Å². The zero-order chi connectivity index (χ0) is 13.8. The molecular weight excluding hydrogens is 236 g/mol. The molecule has 19 heavy (non-hydrogen) atoms. The number of nitrogens with zero attached hydrogens (tertiary/aromatic N) is 3. The highest BCUT2D eigenvalue weighted by atomic mass is 15.3. The Morgan fingerprint density at radius 2 is 1.84 bits per heavy atom. The summed E-state index contributed by atoms with van der Waals surface area (Å²) in [5.41, 5.74) is 8.68. The van der Waals surface area contributed by atoms with Gasteiger partial charge in [0.05, 0.1) is 0 Å². The molecule has 4 nitrogen and oxygen atoms in total. The van der Waals surface area contributed by atoms with Crippen molar-refractivity contribution in [3.8, 4) is 0 Å². The third-order valence-electron chi connectivity index (χ3n) is 2.99. The van der Waals surface area contributed by atoms with Crippen molar-refractivity contribution in [3.63, 3.8) is 0 Å². The van der Waals surface area contributed by atoms with E-state index in [1.807, 2.05) is 37.3 Å². The maximum absolute atomic E-state index is 5.71. The number of benzene rings is 1. The topological polar surface area (TPSA) is 55.0 Å². The summed E-state index contributed by atoms with van der Waals surface area (Å²) in [5.74, 6) is 0.770. The molecule has 1 aromatic carbocycles. The number of rotatable bonds is 4. The summed E-state index contributed by atoms with van der Waals surface area (Å²) in [6, 6.07) is 10.2. The second-order valence-corrected chi connectivity index (χ2v) is 4.96. The fraction of sp³-hybridized carbons (Fsp3) is 0.333. The van der Waals surface area contributed by atoms with E-state index in [9.17, 15) is 0 Å². The highest BCUT2D eigenvalue weighted by Crippen LogP contribution is 2.16. The summed E-state index contributed by atoms with van der Waals surface area (Å²) in [6.07, 6.45) is 1.80. The summed E-state index contributed by atoms with van der Waals surface area (Å²) < 4.78 is 0. The highest BCUT2D eigenvalue weighted by molar-refractivity contribution is 5.41. The van der Waals surface area contributed by atoms with Crippen molar-refractivity contribution < 1.29 is 0 Å². The van der Waals surface area contributed by atoms with Crippen molar-refractivity contribution in [1.82, 2.24) is 9.97 Å². The van der Waals surface area contributed by atoms with Crippen LogP contribution in [-0.4, -0.2) is 16.0 Å². The van der Waals surface area contributed by atoms with Crippen LogP contribution in [-0.2, 0) is 6.54 Å². The van der Waals surface area contributed by atoms with Gasteiger partial charge in [0.15, 0.2) is 0 Å². The first-order valence-electron chi connectivity index (χ1n) is 6.47. The Hall–Kier alpha value is -2.10. The first kappa shape index (κ1) is 13.3. The van der Waals surface area contributed by atoms with E-state index >= 15 is 0 Å². The second kappa shape index (κ2) is 5.69. The number of anilines is 2. The van der Waals surface area contributed by atoms with Crippen LogP contribution >= 0.6 is 0 Å². The Morgan fingerprint density at radius 3 is 2.42 bits per heavy atom. The maximum atomic E-state index is 5.71. The molecule has 0 spiro atoms.